The van der Waals surface area contributed by atoms with Gasteiger partial charge in [-0.2, -0.15) is 0 Å². The Bertz CT molecular complexity index is 144. The fraction of sp³-hybridized carbons (Fsp3) is 0.889. The predicted octanol–water partition coefficient (Wildman–Crippen LogP) is 1.70. The fourth-order valence-corrected chi connectivity index (χ4v) is 1.85. The molecule has 64 valence electrons. The van der Waals surface area contributed by atoms with E-state index in [1.165, 1.54) is 25.7 Å². The van der Waals surface area contributed by atoms with E-state index in [1.54, 1.807) is 6.92 Å². The Morgan fingerprint density at radius 3 is 2.73 bits per heavy atom. The molecule has 1 saturated carbocycles. The Kier molecular flexibility index (Phi) is 2.92. The summed E-state index contributed by atoms with van der Waals surface area (Å²) in [6.45, 7) is 3.85. The number of carbonyl (C=O) groups excluding carboxylic acids is 1. The van der Waals surface area contributed by atoms with E-state index in [0.717, 1.165) is 5.92 Å². The highest BCUT2D eigenvalue weighted by Gasteiger charge is 2.18. The molecule has 2 atom stereocenters. The van der Waals surface area contributed by atoms with Crippen LogP contribution < -0.4 is 5.32 Å². The summed E-state index contributed by atoms with van der Waals surface area (Å²) in [7, 11) is 0. The van der Waals surface area contributed by atoms with Crippen molar-refractivity contribution in [2.24, 2.45) is 5.92 Å². The quantitative estimate of drug-likeness (QED) is 0.613. The second-order valence-electron chi connectivity index (χ2n) is 3.67. The average molecular weight is 155 g/mol. The third-order valence-corrected chi connectivity index (χ3v) is 2.34. The van der Waals surface area contributed by atoms with Gasteiger partial charge < -0.3 is 5.32 Å². The smallest absolute Gasteiger partial charge is 0.217 e. The summed E-state index contributed by atoms with van der Waals surface area (Å²) in [6.07, 6.45) is 4.94. The van der Waals surface area contributed by atoms with E-state index in [-0.39, 0.29) is 5.91 Å². The first-order valence-corrected chi connectivity index (χ1v) is 4.45. The topological polar surface area (TPSA) is 29.1 Å². The van der Waals surface area contributed by atoms with Crippen LogP contribution in [0.25, 0.3) is 0 Å². The number of hydrogen-bond donors (Lipinski definition) is 1. The monoisotopic (exact) mass is 155 g/mol. The van der Waals surface area contributed by atoms with Crippen molar-refractivity contribution in [3.8, 4) is 0 Å². The van der Waals surface area contributed by atoms with E-state index in [2.05, 4.69) is 12.2 Å². The lowest BCUT2D eigenvalue weighted by atomic mass is 9.87. The van der Waals surface area contributed by atoms with Gasteiger partial charge in [0.1, 0.15) is 0 Å². The molecule has 0 aromatic heterocycles. The van der Waals surface area contributed by atoms with E-state index in [1.807, 2.05) is 0 Å². The summed E-state index contributed by atoms with van der Waals surface area (Å²) in [4.78, 5) is 10.7. The van der Waals surface area contributed by atoms with Crippen LogP contribution in [0.1, 0.15) is 39.5 Å². The van der Waals surface area contributed by atoms with E-state index >= 15 is 0 Å². The molecule has 2 heteroatoms. The van der Waals surface area contributed by atoms with Crippen molar-refractivity contribution in [1.29, 1.82) is 0 Å². The lowest BCUT2D eigenvalue weighted by molar-refractivity contribution is -0.119. The number of nitrogens with one attached hydrogen (secondary N) is 1. The van der Waals surface area contributed by atoms with Gasteiger partial charge in [-0.3, -0.25) is 4.79 Å². The van der Waals surface area contributed by atoms with E-state index in [9.17, 15) is 4.79 Å². The molecule has 1 N–H and O–H groups in total. The van der Waals surface area contributed by atoms with Crippen LogP contribution in [0.2, 0.25) is 0 Å². The Morgan fingerprint density at radius 2 is 2.18 bits per heavy atom. The molecule has 0 aliphatic heterocycles. The van der Waals surface area contributed by atoms with E-state index < -0.39 is 0 Å². The molecule has 1 aliphatic carbocycles. The maximum atomic E-state index is 10.7. The molecule has 0 heterocycles. The Morgan fingerprint density at radius 1 is 1.45 bits per heavy atom. The van der Waals surface area contributed by atoms with Gasteiger partial charge in [0, 0.05) is 13.0 Å². The van der Waals surface area contributed by atoms with Crippen LogP contribution >= 0.6 is 0 Å². The number of hydrogen-bond acceptors (Lipinski definition) is 1. The Balaban J connectivity index is 2.28. The molecule has 0 spiro atoms. The molecule has 11 heavy (non-hydrogen) atoms. The van der Waals surface area contributed by atoms with Crippen molar-refractivity contribution in [2.75, 3.05) is 0 Å². The van der Waals surface area contributed by atoms with Crippen molar-refractivity contribution in [1.82, 2.24) is 5.32 Å². The largest absolute Gasteiger partial charge is 0.354 e. The van der Waals surface area contributed by atoms with Gasteiger partial charge in [0.25, 0.3) is 0 Å². The lowest BCUT2D eigenvalue weighted by Gasteiger charge is -2.26. The van der Waals surface area contributed by atoms with Crippen molar-refractivity contribution >= 4 is 5.91 Å². The maximum absolute atomic E-state index is 10.7. The molecule has 1 fully saturated rings. The minimum absolute atomic E-state index is 0.115. The number of rotatable bonds is 1. The Labute approximate surface area is 68.4 Å². The highest BCUT2D eigenvalue weighted by molar-refractivity contribution is 5.73. The van der Waals surface area contributed by atoms with Crippen LogP contribution in [0.5, 0.6) is 0 Å². The normalized spacial score (nSPS) is 31.5. The van der Waals surface area contributed by atoms with E-state index in [4.69, 9.17) is 0 Å². The first-order valence-electron chi connectivity index (χ1n) is 4.45. The second-order valence-corrected chi connectivity index (χ2v) is 3.67. The lowest BCUT2D eigenvalue weighted by Crippen LogP contribution is -2.36. The van der Waals surface area contributed by atoms with Gasteiger partial charge in [0.05, 0.1) is 0 Å². The third-order valence-electron chi connectivity index (χ3n) is 2.34. The van der Waals surface area contributed by atoms with Crippen LogP contribution in [0, 0.1) is 5.92 Å². The molecular weight excluding hydrogens is 138 g/mol. The molecule has 1 aliphatic rings. The predicted molar refractivity (Wildman–Crippen MR) is 45.2 cm³/mol. The van der Waals surface area contributed by atoms with Gasteiger partial charge in [0.2, 0.25) is 5.91 Å². The summed E-state index contributed by atoms with van der Waals surface area (Å²) >= 11 is 0. The second kappa shape index (κ2) is 3.74. The zero-order valence-corrected chi connectivity index (χ0v) is 7.39. The molecular formula is C9H17NO. The maximum Gasteiger partial charge on any atom is 0.217 e. The highest BCUT2D eigenvalue weighted by atomic mass is 16.1. The fourth-order valence-electron chi connectivity index (χ4n) is 1.85. The average Bonchev–Trinajstić information content (AvgIpc) is 1.85. The molecule has 0 aromatic rings. The molecule has 1 rings (SSSR count). The summed E-state index contributed by atoms with van der Waals surface area (Å²) in [6, 6.07) is 0.455. The SMILES string of the molecule is CC(=O)N[C@H]1CCC[C@H](C)C1. The molecule has 2 nitrogen and oxygen atoms in total. The molecule has 0 radical (unpaired) electrons. The van der Waals surface area contributed by atoms with Gasteiger partial charge in [-0.15, -0.1) is 0 Å². The van der Waals surface area contributed by atoms with Crippen LogP contribution in [-0.2, 0) is 4.79 Å². The summed E-state index contributed by atoms with van der Waals surface area (Å²) in [5.74, 6) is 0.907. The van der Waals surface area contributed by atoms with Gasteiger partial charge in [0.15, 0.2) is 0 Å². The number of amides is 1. The van der Waals surface area contributed by atoms with Gasteiger partial charge >= 0.3 is 0 Å². The summed E-state index contributed by atoms with van der Waals surface area (Å²) in [5.41, 5.74) is 0. The zero-order chi connectivity index (χ0) is 8.27. The Hall–Kier alpha value is -0.530. The van der Waals surface area contributed by atoms with E-state index in [0.29, 0.717) is 6.04 Å². The van der Waals surface area contributed by atoms with Gasteiger partial charge in [-0.1, -0.05) is 19.8 Å². The van der Waals surface area contributed by atoms with Crippen LogP contribution in [0.4, 0.5) is 0 Å². The highest BCUT2D eigenvalue weighted by Crippen LogP contribution is 2.23. The van der Waals surface area contributed by atoms with Crippen LogP contribution in [-0.4, -0.2) is 11.9 Å². The zero-order valence-electron chi connectivity index (χ0n) is 7.39. The van der Waals surface area contributed by atoms with Crippen LogP contribution in [0.15, 0.2) is 0 Å². The molecule has 0 bridgehead atoms. The third kappa shape index (κ3) is 2.91. The molecule has 1 amide bonds. The first-order chi connectivity index (χ1) is 5.18. The summed E-state index contributed by atoms with van der Waals surface area (Å²) in [5, 5.41) is 2.97. The minimum atomic E-state index is 0.115. The van der Waals surface area contributed by atoms with Crippen molar-refractivity contribution in [3.63, 3.8) is 0 Å². The van der Waals surface area contributed by atoms with Crippen molar-refractivity contribution < 1.29 is 4.79 Å². The van der Waals surface area contributed by atoms with Gasteiger partial charge in [-0.25, -0.2) is 0 Å². The first kappa shape index (κ1) is 8.57. The minimum Gasteiger partial charge on any atom is -0.354 e. The number of carbonyl (C=O) groups is 1. The van der Waals surface area contributed by atoms with Crippen molar-refractivity contribution in [3.05, 3.63) is 0 Å². The molecule has 0 aromatic carbocycles. The summed E-state index contributed by atoms with van der Waals surface area (Å²) < 4.78 is 0. The van der Waals surface area contributed by atoms with Gasteiger partial charge in [-0.05, 0) is 18.8 Å². The van der Waals surface area contributed by atoms with Crippen molar-refractivity contribution in [2.45, 2.75) is 45.6 Å². The molecule has 0 unspecified atom stereocenters. The molecule has 0 saturated heterocycles. The van der Waals surface area contributed by atoms with Crippen LogP contribution in [0.3, 0.4) is 0 Å². The standard InChI is InChI=1S/C9H17NO/c1-7-4-3-5-9(6-7)10-8(2)11/h7,9H,3-6H2,1-2H3,(H,10,11)/t7-,9-/m0/s1.